The first-order valence-corrected chi connectivity index (χ1v) is 14.1. The summed E-state index contributed by atoms with van der Waals surface area (Å²) in [6.07, 6.45) is 12.0. The van der Waals surface area contributed by atoms with Crippen LogP contribution in [-0.2, 0) is 22.5 Å². The molecule has 9 heteroatoms. The van der Waals surface area contributed by atoms with Crippen LogP contribution in [-0.4, -0.2) is 59.2 Å². The van der Waals surface area contributed by atoms with Gasteiger partial charge in [0.2, 0.25) is 5.91 Å². The summed E-state index contributed by atoms with van der Waals surface area (Å²) < 4.78 is 7.30. The number of piperidine rings is 1. The first-order valence-electron chi connectivity index (χ1n) is 12.5. The highest BCUT2D eigenvalue weighted by molar-refractivity contribution is 7.22. The van der Waals surface area contributed by atoms with Crippen molar-refractivity contribution in [3.8, 4) is 10.6 Å². The van der Waals surface area contributed by atoms with Crippen LogP contribution in [0.15, 0.2) is 18.5 Å². The number of ether oxygens (including phenoxy) is 1. The molecule has 0 radical (unpaired) electrons. The second-order valence-electron chi connectivity index (χ2n) is 9.53. The van der Waals surface area contributed by atoms with Crippen LogP contribution in [0.5, 0.6) is 0 Å². The number of nitrogens with zero attached hydrogens (tertiary/aromatic N) is 3. The minimum Gasteiger partial charge on any atom is -0.375 e. The van der Waals surface area contributed by atoms with Crippen molar-refractivity contribution in [2.75, 3.05) is 31.5 Å². The van der Waals surface area contributed by atoms with E-state index in [1.165, 1.54) is 29.7 Å². The molecule has 0 spiro atoms. The first kappa shape index (κ1) is 22.5. The number of thiazole rings is 1. The maximum atomic E-state index is 13.0. The molecule has 0 unspecified atom stereocenters. The molecule has 180 valence electrons. The van der Waals surface area contributed by atoms with Gasteiger partial charge in [-0.15, -0.1) is 22.7 Å². The Balaban J connectivity index is 1.11. The minimum atomic E-state index is 0.0865. The number of carbonyl (C=O) groups is 1. The highest BCUT2D eigenvalue weighted by atomic mass is 32.1. The molecule has 0 aromatic carbocycles. The van der Waals surface area contributed by atoms with E-state index < -0.39 is 0 Å². The number of thiophene rings is 1. The Kier molecular flexibility index (Phi) is 6.62. The molecule has 3 aliphatic rings. The van der Waals surface area contributed by atoms with E-state index >= 15 is 0 Å². The summed E-state index contributed by atoms with van der Waals surface area (Å²) in [4.78, 5) is 25.8. The lowest BCUT2D eigenvalue weighted by atomic mass is 9.95. The van der Waals surface area contributed by atoms with Crippen LogP contribution in [0.25, 0.3) is 20.8 Å². The Bertz CT molecular complexity index is 1130. The molecule has 6 rings (SSSR count). The number of fused-ring (bicyclic) bond motifs is 2. The van der Waals surface area contributed by atoms with Gasteiger partial charge in [0.05, 0.1) is 23.1 Å². The molecule has 1 aliphatic carbocycles. The first-order chi connectivity index (χ1) is 16.7. The zero-order valence-corrected chi connectivity index (χ0v) is 21.0. The number of aromatic nitrogens is 2. The van der Waals surface area contributed by atoms with Crippen LogP contribution >= 0.6 is 22.7 Å². The van der Waals surface area contributed by atoms with Crippen LogP contribution in [0.3, 0.4) is 0 Å². The summed E-state index contributed by atoms with van der Waals surface area (Å²) in [6.45, 7) is 4.66. The second-order valence-corrected chi connectivity index (χ2v) is 11.7. The van der Waals surface area contributed by atoms with Gasteiger partial charge < -0.3 is 20.3 Å². The molecule has 34 heavy (non-hydrogen) atoms. The van der Waals surface area contributed by atoms with Crippen molar-refractivity contribution in [3.63, 3.8) is 0 Å². The topological polar surface area (TPSA) is 79.4 Å². The van der Waals surface area contributed by atoms with E-state index in [2.05, 4.69) is 20.5 Å². The van der Waals surface area contributed by atoms with Crippen LogP contribution in [0.1, 0.15) is 49.0 Å². The van der Waals surface area contributed by atoms with Crippen molar-refractivity contribution in [3.05, 3.63) is 28.9 Å². The van der Waals surface area contributed by atoms with E-state index in [4.69, 9.17) is 9.72 Å². The summed E-state index contributed by atoms with van der Waals surface area (Å²) >= 11 is 3.38. The highest BCUT2D eigenvalue weighted by Gasteiger charge is 2.27. The van der Waals surface area contributed by atoms with Crippen molar-refractivity contribution >= 4 is 43.8 Å². The molecule has 1 saturated carbocycles. The van der Waals surface area contributed by atoms with E-state index in [0.717, 1.165) is 77.8 Å². The van der Waals surface area contributed by atoms with Gasteiger partial charge in [0.1, 0.15) is 15.5 Å². The molecule has 1 saturated heterocycles. The Morgan fingerprint density at radius 1 is 1.21 bits per heavy atom. The molecule has 3 aromatic heterocycles. The SMILES string of the molecule is O=C(CCN1CCC(OC2CCC2)CC1)Nc1sc2c(c1-c1nc3cnccc3s1)CCNC2. The number of anilines is 1. The molecule has 7 nitrogen and oxygen atoms in total. The number of pyridine rings is 1. The summed E-state index contributed by atoms with van der Waals surface area (Å²) in [5.41, 5.74) is 3.36. The fraction of sp³-hybridized carbons (Fsp3) is 0.560. The molecule has 3 aromatic rings. The van der Waals surface area contributed by atoms with Crippen molar-refractivity contribution in [2.24, 2.45) is 0 Å². The Morgan fingerprint density at radius 3 is 2.85 bits per heavy atom. The number of nitrogens with one attached hydrogen (secondary N) is 2. The number of hydrogen-bond acceptors (Lipinski definition) is 8. The maximum absolute atomic E-state index is 13.0. The average molecular weight is 498 g/mol. The zero-order valence-electron chi connectivity index (χ0n) is 19.3. The van der Waals surface area contributed by atoms with Gasteiger partial charge in [-0.2, -0.15) is 0 Å². The standard InChI is InChI=1S/C25H31N5O2S2/c31-22(8-13-30-11-6-17(7-12-30)32-16-2-1-3-16)29-25-23(18-4-9-27-15-21(18)34-25)24-28-19-14-26-10-5-20(19)33-24/h5,10,14,16-17,27H,1-4,6-9,11-13,15H2,(H,29,31). The van der Waals surface area contributed by atoms with Crippen molar-refractivity contribution in [1.82, 2.24) is 20.2 Å². The Labute approximate surface area is 207 Å². The largest absolute Gasteiger partial charge is 0.375 e. The predicted molar refractivity (Wildman–Crippen MR) is 138 cm³/mol. The Hall–Kier alpha value is -1.91. The third kappa shape index (κ3) is 4.77. The lowest BCUT2D eigenvalue weighted by Crippen LogP contribution is -2.40. The Morgan fingerprint density at radius 2 is 2.06 bits per heavy atom. The van der Waals surface area contributed by atoms with Crippen molar-refractivity contribution < 1.29 is 9.53 Å². The minimum absolute atomic E-state index is 0.0865. The van der Waals surface area contributed by atoms with Gasteiger partial charge in [0.25, 0.3) is 0 Å². The normalized spacial score (nSPS) is 19.8. The molecular formula is C25H31N5O2S2. The van der Waals surface area contributed by atoms with Crippen LogP contribution in [0.4, 0.5) is 5.00 Å². The monoisotopic (exact) mass is 497 g/mol. The average Bonchev–Trinajstić information content (AvgIpc) is 3.41. The number of likely N-dealkylation sites (tertiary alicyclic amines) is 1. The smallest absolute Gasteiger partial charge is 0.226 e. The third-order valence-corrected chi connectivity index (χ3v) is 9.41. The van der Waals surface area contributed by atoms with Crippen molar-refractivity contribution in [2.45, 2.75) is 63.7 Å². The van der Waals surface area contributed by atoms with E-state index in [-0.39, 0.29) is 5.91 Å². The lowest BCUT2D eigenvalue weighted by Gasteiger charge is -2.36. The highest BCUT2D eigenvalue weighted by Crippen LogP contribution is 2.44. The molecule has 0 atom stereocenters. The maximum Gasteiger partial charge on any atom is 0.226 e. The van der Waals surface area contributed by atoms with Crippen molar-refractivity contribution in [1.29, 1.82) is 0 Å². The van der Waals surface area contributed by atoms with Gasteiger partial charge in [-0.25, -0.2) is 4.98 Å². The quantitative estimate of drug-likeness (QED) is 0.503. The van der Waals surface area contributed by atoms with Gasteiger partial charge in [-0.1, -0.05) is 0 Å². The molecule has 2 aliphatic heterocycles. The van der Waals surface area contributed by atoms with Gasteiger partial charge in [0.15, 0.2) is 0 Å². The van der Waals surface area contributed by atoms with Crippen LogP contribution in [0.2, 0.25) is 0 Å². The lowest BCUT2D eigenvalue weighted by molar-refractivity contribution is -0.116. The van der Waals surface area contributed by atoms with Crippen LogP contribution < -0.4 is 10.6 Å². The van der Waals surface area contributed by atoms with E-state index in [9.17, 15) is 4.79 Å². The van der Waals surface area contributed by atoms with Crippen LogP contribution in [0, 0.1) is 0 Å². The molecular weight excluding hydrogens is 466 g/mol. The molecule has 5 heterocycles. The fourth-order valence-electron chi connectivity index (χ4n) is 5.03. The number of amides is 1. The fourth-order valence-corrected chi connectivity index (χ4v) is 7.34. The van der Waals surface area contributed by atoms with E-state index in [1.54, 1.807) is 22.7 Å². The molecule has 2 N–H and O–H groups in total. The van der Waals surface area contributed by atoms with E-state index in [0.29, 0.717) is 18.6 Å². The number of rotatable bonds is 7. The summed E-state index contributed by atoms with van der Waals surface area (Å²) in [6, 6.07) is 2.01. The zero-order chi connectivity index (χ0) is 22.9. The summed E-state index contributed by atoms with van der Waals surface area (Å²) in [5, 5.41) is 8.63. The summed E-state index contributed by atoms with van der Waals surface area (Å²) in [7, 11) is 0. The third-order valence-electron chi connectivity index (χ3n) is 7.21. The predicted octanol–water partition coefficient (Wildman–Crippen LogP) is 4.43. The van der Waals surface area contributed by atoms with Gasteiger partial charge in [-0.05, 0) is 56.7 Å². The second kappa shape index (κ2) is 9.99. The van der Waals surface area contributed by atoms with Gasteiger partial charge >= 0.3 is 0 Å². The molecule has 2 fully saturated rings. The number of hydrogen-bond donors (Lipinski definition) is 2. The van der Waals surface area contributed by atoms with Gasteiger partial charge in [0, 0.05) is 49.2 Å². The summed E-state index contributed by atoms with van der Waals surface area (Å²) in [5.74, 6) is 0.0865. The van der Waals surface area contributed by atoms with E-state index in [1.807, 2.05) is 18.5 Å². The molecule has 0 bridgehead atoms. The molecule has 1 amide bonds. The van der Waals surface area contributed by atoms with Gasteiger partial charge in [-0.3, -0.25) is 9.78 Å². The number of carbonyl (C=O) groups excluding carboxylic acids is 1.